The fourth-order valence-electron chi connectivity index (χ4n) is 7.42. The fraction of sp³-hybridized carbons (Fsp3) is 0.528. The molecular weight excluding hydrogens is 587 g/mol. The standard InChI is InChI=1S/C36H43FN4O5/c1-23-17-34(42)40(21-23)22-25-19-32(37)31(35(43)38-26-8-12-39(13-9-26)27-10-15-45-16-11-27)20-33(25)46-29-5-6-30-24(18-29)7-14-41(36(30)44)28-3-2-4-28/h5-7,14,18-20,23,26-28H,2-4,8-13,15-17,21-22H2,1H3,(H,38,43). The molecule has 0 bridgehead atoms. The molecule has 10 heteroatoms. The van der Waals surface area contributed by atoms with Crippen molar-refractivity contribution >= 4 is 22.6 Å². The van der Waals surface area contributed by atoms with Crippen LogP contribution in [-0.2, 0) is 16.1 Å². The van der Waals surface area contributed by atoms with Crippen molar-refractivity contribution in [1.29, 1.82) is 0 Å². The minimum atomic E-state index is -0.644. The predicted molar refractivity (Wildman–Crippen MR) is 173 cm³/mol. The number of hydrogen-bond acceptors (Lipinski definition) is 6. The summed E-state index contributed by atoms with van der Waals surface area (Å²) in [5, 5.41) is 4.42. The van der Waals surface area contributed by atoms with Crippen LogP contribution in [0.1, 0.15) is 80.3 Å². The molecular formula is C36H43FN4O5. The molecule has 3 aromatic rings. The van der Waals surface area contributed by atoms with E-state index in [9.17, 15) is 14.4 Å². The Hall–Kier alpha value is -3.76. The minimum absolute atomic E-state index is 0.0150. The van der Waals surface area contributed by atoms with E-state index in [2.05, 4.69) is 10.2 Å². The van der Waals surface area contributed by atoms with Gasteiger partial charge >= 0.3 is 0 Å². The summed E-state index contributed by atoms with van der Waals surface area (Å²) < 4.78 is 29.3. The molecule has 1 N–H and O–H groups in total. The number of benzene rings is 2. The van der Waals surface area contributed by atoms with E-state index in [-0.39, 0.29) is 41.6 Å². The van der Waals surface area contributed by atoms with Gasteiger partial charge in [0.15, 0.2) is 0 Å². The van der Waals surface area contributed by atoms with Crippen molar-refractivity contribution < 1.29 is 23.5 Å². The van der Waals surface area contributed by atoms with Crippen molar-refractivity contribution in [2.24, 2.45) is 5.92 Å². The smallest absolute Gasteiger partial charge is 0.258 e. The Morgan fingerprint density at radius 3 is 2.48 bits per heavy atom. The molecule has 2 amide bonds. The first-order valence-corrected chi connectivity index (χ1v) is 16.9. The molecule has 1 aliphatic carbocycles. The number of carbonyl (C=O) groups is 2. The molecule has 4 heterocycles. The number of fused-ring (bicyclic) bond motifs is 1. The Balaban J connectivity index is 1.12. The Bertz CT molecular complexity index is 1670. The van der Waals surface area contributed by atoms with E-state index in [1.165, 1.54) is 12.1 Å². The summed E-state index contributed by atoms with van der Waals surface area (Å²) in [6, 6.07) is 10.7. The maximum absolute atomic E-state index is 15.6. The first-order chi connectivity index (χ1) is 22.3. The quantitative estimate of drug-likeness (QED) is 0.359. The molecule has 7 rings (SSSR count). The zero-order valence-corrected chi connectivity index (χ0v) is 26.5. The first kappa shape index (κ1) is 30.9. The molecule has 4 aliphatic rings. The molecule has 46 heavy (non-hydrogen) atoms. The summed E-state index contributed by atoms with van der Waals surface area (Å²) in [6.07, 6.45) is 9.16. The van der Waals surface area contributed by atoms with Crippen LogP contribution in [0.5, 0.6) is 11.5 Å². The van der Waals surface area contributed by atoms with Gasteiger partial charge in [-0.25, -0.2) is 4.39 Å². The van der Waals surface area contributed by atoms with E-state index in [1.54, 1.807) is 23.1 Å². The molecule has 244 valence electrons. The normalized spacial score (nSPS) is 21.9. The summed E-state index contributed by atoms with van der Waals surface area (Å²) in [5.74, 6) is -0.103. The van der Waals surface area contributed by atoms with Crippen LogP contribution in [0.15, 0.2) is 47.4 Å². The van der Waals surface area contributed by atoms with Gasteiger partial charge in [0.05, 0.1) is 5.56 Å². The van der Waals surface area contributed by atoms with Gasteiger partial charge in [0, 0.05) is 81.1 Å². The first-order valence-electron chi connectivity index (χ1n) is 16.9. The number of likely N-dealkylation sites (tertiary alicyclic amines) is 2. The molecule has 0 spiro atoms. The average molecular weight is 631 g/mol. The zero-order chi connectivity index (χ0) is 31.8. The third kappa shape index (κ3) is 6.42. The van der Waals surface area contributed by atoms with Crippen molar-refractivity contribution in [1.82, 2.24) is 19.7 Å². The second-order valence-corrected chi connectivity index (χ2v) is 13.6. The largest absolute Gasteiger partial charge is 0.457 e. The third-order valence-corrected chi connectivity index (χ3v) is 10.3. The van der Waals surface area contributed by atoms with Crippen molar-refractivity contribution in [3.63, 3.8) is 0 Å². The molecule has 1 aromatic heterocycles. The summed E-state index contributed by atoms with van der Waals surface area (Å²) in [5.41, 5.74) is 0.383. The van der Waals surface area contributed by atoms with Gasteiger partial charge in [0.25, 0.3) is 11.5 Å². The van der Waals surface area contributed by atoms with E-state index >= 15 is 4.39 Å². The van der Waals surface area contributed by atoms with E-state index in [0.29, 0.717) is 41.5 Å². The lowest BCUT2D eigenvalue weighted by molar-refractivity contribution is -0.128. The predicted octanol–water partition coefficient (Wildman–Crippen LogP) is 5.40. The molecule has 2 aromatic carbocycles. The highest BCUT2D eigenvalue weighted by Gasteiger charge is 2.30. The number of carbonyl (C=O) groups excluding carboxylic acids is 2. The van der Waals surface area contributed by atoms with Crippen LogP contribution in [0.4, 0.5) is 4.39 Å². The Kier molecular flexibility index (Phi) is 8.83. The van der Waals surface area contributed by atoms with Crippen LogP contribution in [0.3, 0.4) is 0 Å². The number of aromatic nitrogens is 1. The molecule has 3 aliphatic heterocycles. The average Bonchev–Trinajstić information content (AvgIpc) is 3.35. The van der Waals surface area contributed by atoms with Gasteiger partial charge in [0.2, 0.25) is 5.91 Å². The van der Waals surface area contributed by atoms with Gasteiger partial charge in [-0.3, -0.25) is 14.4 Å². The maximum Gasteiger partial charge on any atom is 0.258 e. The Morgan fingerprint density at radius 1 is 1.00 bits per heavy atom. The second kappa shape index (κ2) is 13.2. The lowest BCUT2D eigenvalue weighted by atomic mass is 9.92. The van der Waals surface area contributed by atoms with Crippen molar-refractivity contribution in [2.75, 3.05) is 32.8 Å². The fourth-order valence-corrected chi connectivity index (χ4v) is 7.42. The zero-order valence-electron chi connectivity index (χ0n) is 26.5. The number of ether oxygens (including phenoxy) is 2. The summed E-state index contributed by atoms with van der Waals surface area (Å²) >= 11 is 0. The summed E-state index contributed by atoms with van der Waals surface area (Å²) in [4.78, 5) is 43.4. The SMILES string of the molecule is CC1CC(=O)N(Cc2cc(F)c(C(=O)NC3CCN(C4CCOCC4)CC3)cc2Oc2ccc3c(=O)n(C4CCC4)ccc3c2)C1. The van der Waals surface area contributed by atoms with Crippen LogP contribution in [0.2, 0.25) is 0 Å². The maximum atomic E-state index is 15.6. The highest BCUT2D eigenvalue weighted by molar-refractivity contribution is 5.95. The Morgan fingerprint density at radius 2 is 1.78 bits per heavy atom. The molecule has 9 nitrogen and oxygen atoms in total. The Labute approximate surface area is 268 Å². The number of piperidine rings is 1. The van der Waals surface area contributed by atoms with Crippen LogP contribution < -0.4 is 15.6 Å². The van der Waals surface area contributed by atoms with E-state index < -0.39 is 11.7 Å². The van der Waals surface area contributed by atoms with E-state index in [0.717, 1.165) is 76.6 Å². The summed E-state index contributed by atoms with van der Waals surface area (Å²) in [7, 11) is 0. The monoisotopic (exact) mass is 630 g/mol. The molecule has 1 unspecified atom stereocenters. The highest BCUT2D eigenvalue weighted by Crippen LogP contribution is 2.34. The number of halogens is 1. The third-order valence-electron chi connectivity index (χ3n) is 10.3. The van der Waals surface area contributed by atoms with Crippen LogP contribution in [0.25, 0.3) is 10.8 Å². The molecule has 3 saturated heterocycles. The number of pyridine rings is 1. The van der Waals surface area contributed by atoms with Crippen LogP contribution in [-0.4, -0.2) is 71.1 Å². The van der Waals surface area contributed by atoms with Gasteiger partial charge < -0.3 is 29.2 Å². The molecule has 0 radical (unpaired) electrons. The van der Waals surface area contributed by atoms with E-state index in [1.807, 2.05) is 23.8 Å². The van der Waals surface area contributed by atoms with Crippen molar-refractivity contribution in [3.8, 4) is 11.5 Å². The number of hydrogen-bond donors (Lipinski definition) is 1. The highest BCUT2D eigenvalue weighted by atomic mass is 19.1. The summed E-state index contributed by atoms with van der Waals surface area (Å²) in [6.45, 7) is 6.16. The molecule has 4 fully saturated rings. The second-order valence-electron chi connectivity index (χ2n) is 13.6. The number of amides is 2. The van der Waals surface area contributed by atoms with E-state index in [4.69, 9.17) is 9.47 Å². The number of rotatable bonds is 8. The lowest BCUT2D eigenvalue weighted by Gasteiger charge is -2.39. The van der Waals surface area contributed by atoms with Gasteiger partial charge in [-0.15, -0.1) is 0 Å². The van der Waals surface area contributed by atoms with Gasteiger partial charge in [-0.1, -0.05) is 6.92 Å². The molecule has 1 saturated carbocycles. The van der Waals surface area contributed by atoms with Crippen molar-refractivity contribution in [3.05, 3.63) is 69.9 Å². The number of nitrogens with zero attached hydrogens (tertiary/aromatic N) is 3. The minimum Gasteiger partial charge on any atom is -0.457 e. The lowest BCUT2D eigenvalue weighted by Crippen LogP contribution is -2.49. The molecule has 1 atom stereocenters. The topological polar surface area (TPSA) is 93.1 Å². The van der Waals surface area contributed by atoms with Crippen molar-refractivity contribution in [2.45, 2.75) is 83.0 Å². The van der Waals surface area contributed by atoms with Crippen LogP contribution >= 0.6 is 0 Å². The van der Waals surface area contributed by atoms with Gasteiger partial charge in [-0.05, 0) is 92.6 Å². The van der Waals surface area contributed by atoms with Gasteiger partial charge in [0.1, 0.15) is 17.3 Å². The number of nitrogens with one attached hydrogen (secondary N) is 1. The van der Waals surface area contributed by atoms with Gasteiger partial charge in [-0.2, -0.15) is 0 Å². The van der Waals surface area contributed by atoms with Crippen LogP contribution in [0, 0.1) is 11.7 Å².